The zero-order chi connectivity index (χ0) is 16.0. The van der Waals surface area contributed by atoms with Gasteiger partial charge in [-0.25, -0.2) is 4.79 Å². The van der Waals surface area contributed by atoms with Crippen LogP contribution in [0, 0.1) is 15.0 Å². The number of halogens is 1. The summed E-state index contributed by atoms with van der Waals surface area (Å²) < 4.78 is 4.90. The molecule has 7 nitrogen and oxygen atoms in total. The van der Waals surface area contributed by atoms with Gasteiger partial charge in [0.15, 0.2) is 6.04 Å². The van der Waals surface area contributed by atoms with E-state index in [2.05, 4.69) is 5.18 Å². The molecule has 114 valence electrons. The number of hydrogen-bond acceptors (Lipinski definition) is 6. The Morgan fingerprint density at radius 3 is 2.67 bits per heavy atom. The van der Waals surface area contributed by atoms with Gasteiger partial charge in [-0.2, -0.15) is 0 Å². The van der Waals surface area contributed by atoms with Crippen molar-refractivity contribution in [1.29, 1.82) is 0 Å². The summed E-state index contributed by atoms with van der Waals surface area (Å²) >= 11 is 5.71. The number of esters is 1. The van der Waals surface area contributed by atoms with Crippen LogP contribution in [-0.2, 0) is 16.0 Å². The predicted molar refractivity (Wildman–Crippen MR) is 77.2 cm³/mol. The van der Waals surface area contributed by atoms with Crippen molar-refractivity contribution in [2.45, 2.75) is 38.8 Å². The van der Waals surface area contributed by atoms with E-state index in [9.17, 15) is 19.8 Å². The van der Waals surface area contributed by atoms with Crippen LogP contribution in [-0.4, -0.2) is 23.0 Å². The summed E-state index contributed by atoms with van der Waals surface area (Å²) in [4.78, 5) is 32.7. The summed E-state index contributed by atoms with van der Waals surface area (Å²) in [5, 5.41) is 13.9. The third-order valence-corrected chi connectivity index (χ3v) is 2.92. The number of carbonyl (C=O) groups is 1. The van der Waals surface area contributed by atoms with Gasteiger partial charge in [0, 0.05) is 16.7 Å². The summed E-state index contributed by atoms with van der Waals surface area (Å²) in [5.41, 5.74) is 0.236. The monoisotopic (exact) mass is 314 g/mol. The number of rotatable bonds is 7. The molecular formula is C13H15ClN2O5. The molecule has 0 saturated heterocycles. The molecule has 0 amide bonds. The second kappa shape index (κ2) is 7.68. The second-order valence-electron chi connectivity index (χ2n) is 4.68. The molecule has 0 aromatic heterocycles. The average Bonchev–Trinajstić information content (AvgIpc) is 2.39. The van der Waals surface area contributed by atoms with Gasteiger partial charge in [-0.05, 0) is 32.8 Å². The zero-order valence-electron chi connectivity index (χ0n) is 11.6. The number of ether oxygens (including phenoxy) is 1. The molecule has 0 saturated carbocycles. The summed E-state index contributed by atoms with van der Waals surface area (Å²) in [6.45, 7) is 3.31. The number of nitro benzene ring substituents is 1. The Morgan fingerprint density at radius 2 is 2.14 bits per heavy atom. The molecule has 1 unspecified atom stereocenters. The molecule has 0 radical (unpaired) electrons. The number of aryl methyl sites for hydroxylation is 1. The normalized spacial score (nSPS) is 12.0. The van der Waals surface area contributed by atoms with E-state index in [1.165, 1.54) is 18.2 Å². The van der Waals surface area contributed by atoms with Crippen molar-refractivity contribution in [2.75, 3.05) is 0 Å². The lowest BCUT2D eigenvalue weighted by Crippen LogP contribution is -2.24. The molecule has 0 N–H and O–H groups in total. The maximum atomic E-state index is 11.6. The fourth-order valence-electron chi connectivity index (χ4n) is 1.74. The number of carbonyl (C=O) groups excluding carboxylic acids is 1. The largest absolute Gasteiger partial charge is 0.461 e. The maximum Gasteiger partial charge on any atom is 0.334 e. The van der Waals surface area contributed by atoms with Gasteiger partial charge in [-0.3, -0.25) is 10.1 Å². The lowest BCUT2D eigenvalue weighted by molar-refractivity contribution is -0.385. The van der Waals surface area contributed by atoms with Crippen LogP contribution in [0.15, 0.2) is 23.4 Å². The van der Waals surface area contributed by atoms with Gasteiger partial charge < -0.3 is 4.74 Å². The Bertz CT molecular complexity index is 547. The highest BCUT2D eigenvalue weighted by Gasteiger charge is 2.23. The second-order valence-corrected chi connectivity index (χ2v) is 5.11. The topological polar surface area (TPSA) is 98.9 Å². The number of nitrogens with zero attached hydrogens (tertiary/aromatic N) is 2. The lowest BCUT2D eigenvalue weighted by Gasteiger charge is -2.12. The first-order valence-electron chi connectivity index (χ1n) is 6.31. The molecule has 0 aliphatic rings. The highest BCUT2D eigenvalue weighted by Crippen LogP contribution is 2.25. The molecular weight excluding hydrogens is 300 g/mol. The minimum atomic E-state index is -1.18. The molecule has 0 bridgehead atoms. The quantitative estimate of drug-likeness (QED) is 0.333. The SMILES string of the molecule is CC(C)OC(=O)C(CCc1ccc(Cl)cc1[N+](=O)[O-])N=O. The van der Waals surface area contributed by atoms with Crippen molar-refractivity contribution in [3.63, 3.8) is 0 Å². The van der Waals surface area contributed by atoms with E-state index < -0.39 is 16.9 Å². The summed E-state index contributed by atoms with van der Waals surface area (Å²) in [7, 11) is 0. The highest BCUT2D eigenvalue weighted by atomic mass is 35.5. The molecule has 21 heavy (non-hydrogen) atoms. The van der Waals surface area contributed by atoms with Crippen LogP contribution in [0.1, 0.15) is 25.8 Å². The van der Waals surface area contributed by atoms with E-state index in [1.807, 2.05) is 0 Å². The van der Waals surface area contributed by atoms with Crippen LogP contribution in [0.3, 0.4) is 0 Å². The Balaban J connectivity index is 2.80. The van der Waals surface area contributed by atoms with Gasteiger partial charge in [0.25, 0.3) is 5.69 Å². The van der Waals surface area contributed by atoms with Crippen molar-refractivity contribution in [3.8, 4) is 0 Å². The van der Waals surface area contributed by atoms with Crippen molar-refractivity contribution >= 4 is 23.3 Å². The molecule has 1 aromatic rings. The molecule has 8 heteroatoms. The van der Waals surface area contributed by atoms with Crippen LogP contribution in [0.4, 0.5) is 5.69 Å². The fourth-order valence-corrected chi connectivity index (χ4v) is 1.90. The van der Waals surface area contributed by atoms with Crippen LogP contribution in [0.2, 0.25) is 5.02 Å². The van der Waals surface area contributed by atoms with Gasteiger partial charge in [0.2, 0.25) is 0 Å². The van der Waals surface area contributed by atoms with E-state index in [-0.39, 0.29) is 29.7 Å². The van der Waals surface area contributed by atoms with Gasteiger partial charge in [0.05, 0.1) is 11.0 Å². The van der Waals surface area contributed by atoms with Gasteiger partial charge in [-0.1, -0.05) is 22.8 Å². The van der Waals surface area contributed by atoms with Crippen LogP contribution >= 0.6 is 11.6 Å². The Labute approximate surface area is 126 Å². The van der Waals surface area contributed by atoms with Crippen molar-refractivity contribution < 1.29 is 14.5 Å². The summed E-state index contributed by atoms with van der Waals surface area (Å²) in [6, 6.07) is 3.06. The Hall–Kier alpha value is -2.02. The van der Waals surface area contributed by atoms with Gasteiger partial charge in [-0.15, -0.1) is 4.91 Å². The van der Waals surface area contributed by atoms with Crippen LogP contribution in [0.25, 0.3) is 0 Å². The number of benzene rings is 1. The minimum Gasteiger partial charge on any atom is -0.461 e. The smallest absolute Gasteiger partial charge is 0.334 e. The summed E-state index contributed by atoms with van der Waals surface area (Å²) in [6.07, 6.45) is -0.166. The average molecular weight is 315 g/mol. The molecule has 0 heterocycles. The standard InChI is InChI=1S/C13H15ClN2O5/c1-8(2)21-13(17)11(15-18)6-4-9-3-5-10(14)7-12(9)16(19)20/h3,5,7-8,11H,4,6H2,1-2H3. The Morgan fingerprint density at radius 1 is 1.48 bits per heavy atom. The number of nitro groups is 1. The van der Waals surface area contributed by atoms with E-state index in [4.69, 9.17) is 16.3 Å². The zero-order valence-corrected chi connectivity index (χ0v) is 12.4. The van der Waals surface area contributed by atoms with Gasteiger partial charge in [0.1, 0.15) is 0 Å². The molecule has 0 aliphatic carbocycles. The highest BCUT2D eigenvalue weighted by molar-refractivity contribution is 6.30. The van der Waals surface area contributed by atoms with Crippen LogP contribution < -0.4 is 0 Å². The maximum absolute atomic E-state index is 11.6. The molecule has 0 spiro atoms. The van der Waals surface area contributed by atoms with Crippen molar-refractivity contribution in [3.05, 3.63) is 43.8 Å². The van der Waals surface area contributed by atoms with E-state index >= 15 is 0 Å². The van der Waals surface area contributed by atoms with Crippen LogP contribution in [0.5, 0.6) is 0 Å². The molecule has 1 aromatic carbocycles. The molecule has 1 atom stereocenters. The lowest BCUT2D eigenvalue weighted by atomic mass is 10.0. The van der Waals surface area contributed by atoms with Crippen molar-refractivity contribution in [2.24, 2.45) is 5.18 Å². The van der Waals surface area contributed by atoms with E-state index in [0.717, 1.165) is 0 Å². The molecule has 0 fully saturated rings. The van der Waals surface area contributed by atoms with E-state index in [0.29, 0.717) is 5.56 Å². The summed E-state index contributed by atoms with van der Waals surface area (Å²) in [5.74, 6) is -0.725. The number of nitroso groups, excluding NO2 is 1. The van der Waals surface area contributed by atoms with Gasteiger partial charge >= 0.3 is 5.97 Å². The first-order chi connectivity index (χ1) is 9.85. The fraction of sp³-hybridized carbons (Fsp3) is 0.462. The third-order valence-electron chi connectivity index (χ3n) is 2.68. The molecule has 1 rings (SSSR count). The molecule has 0 aliphatic heterocycles. The van der Waals surface area contributed by atoms with Crippen molar-refractivity contribution in [1.82, 2.24) is 0 Å². The van der Waals surface area contributed by atoms with E-state index in [1.54, 1.807) is 13.8 Å². The number of hydrogen-bond donors (Lipinski definition) is 0. The first kappa shape index (κ1) is 17.0. The minimum absolute atomic E-state index is 0.0392. The Kier molecular flexibility index (Phi) is 6.23. The first-order valence-corrected chi connectivity index (χ1v) is 6.68. The predicted octanol–water partition coefficient (Wildman–Crippen LogP) is 3.27. The third kappa shape index (κ3) is 5.11.